The van der Waals surface area contributed by atoms with Gasteiger partial charge in [0, 0.05) is 25.7 Å². The Bertz CT molecular complexity index is 876. The van der Waals surface area contributed by atoms with Gasteiger partial charge in [-0.15, -0.1) is 0 Å². The molecule has 0 unspecified atom stereocenters. The van der Waals surface area contributed by atoms with Crippen LogP contribution in [0.3, 0.4) is 0 Å². The molecule has 0 amide bonds. The van der Waals surface area contributed by atoms with E-state index in [1.54, 1.807) is 12.1 Å². The van der Waals surface area contributed by atoms with Crippen molar-refractivity contribution in [3.8, 4) is 5.75 Å². The number of carbonyl (C=O) groups excluding carboxylic acids is 1. The van der Waals surface area contributed by atoms with Gasteiger partial charge in [0.05, 0.1) is 6.04 Å². The number of piperazine rings is 1. The van der Waals surface area contributed by atoms with Crippen molar-refractivity contribution in [2.75, 3.05) is 27.4 Å². The van der Waals surface area contributed by atoms with E-state index in [1.165, 1.54) is 17.7 Å². The maximum absolute atomic E-state index is 13.2. The molecule has 3 rings (SSSR count). The van der Waals surface area contributed by atoms with Crippen LogP contribution in [0.4, 0.5) is 4.39 Å². The zero-order valence-corrected chi connectivity index (χ0v) is 18.1. The highest BCUT2D eigenvalue weighted by Crippen LogP contribution is 2.26. The summed E-state index contributed by atoms with van der Waals surface area (Å²) in [4.78, 5) is 18.1. The van der Waals surface area contributed by atoms with Gasteiger partial charge in [-0.2, -0.15) is 0 Å². The highest BCUT2D eigenvalue weighted by Gasteiger charge is 2.34. The second-order valence-corrected chi connectivity index (χ2v) is 8.19. The van der Waals surface area contributed by atoms with Crippen LogP contribution in [0.2, 0.25) is 0 Å². The fraction of sp³-hybridized carbons (Fsp3) is 0.417. The molecule has 5 nitrogen and oxygen atoms in total. The van der Waals surface area contributed by atoms with Gasteiger partial charge in [-0.25, -0.2) is 9.18 Å². The number of halogens is 1. The molecule has 0 aliphatic carbocycles. The van der Waals surface area contributed by atoms with Gasteiger partial charge in [-0.1, -0.05) is 24.3 Å². The highest BCUT2D eigenvalue weighted by atomic mass is 19.1. The Morgan fingerprint density at radius 2 is 1.70 bits per heavy atom. The average Bonchev–Trinajstić information content (AvgIpc) is 2.72. The van der Waals surface area contributed by atoms with Crippen molar-refractivity contribution in [3.05, 3.63) is 71.2 Å². The molecular formula is C24H30FN3O2. The molecule has 6 heteroatoms. The van der Waals surface area contributed by atoms with Crippen molar-refractivity contribution in [3.63, 3.8) is 0 Å². The van der Waals surface area contributed by atoms with Crippen LogP contribution in [0.1, 0.15) is 25.0 Å². The van der Waals surface area contributed by atoms with E-state index < -0.39 is 0 Å². The Morgan fingerprint density at radius 1 is 1.07 bits per heavy atom. The van der Waals surface area contributed by atoms with Crippen LogP contribution < -0.4 is 4.74 Å². The first-order valence-electron chi connectivity index (χ1n) is 10.2. The molecule has 0 saturated carbocycles. The Kier molecular flexibility index (Phi) is 7.27. The molecule has 30 heavy (non-hydrogen) atoms. The van der Waals surface area contributed by atoms with Gasteiger partial charge in [0.1, 0.15) is 29.9 Å². The summed E-state index contributed by atoms with van der Waals surface area (Å²) in [6.45, 7) is 6.67. The number of nitrogens with zero attached hydrogens (tertiary/aromatic N) is 3. The van der Waals surface area contributed by atoms with Gasteiger partial charge >= 0.3 is 0 Å². The molecule has 1 aliphatic heterocycles. The first kappa shape index (κ1) is 22.0. The molecule has 2 atom stereocenters. The molecule has 1 aliphatic rings. The number of ether oxygens (including phenoxy) is 1. The smallest absolute Gasteiger partial charge is 0.147 e. The largest absolute Gasteiger partial charge is 0.478 e. The fourth-order valence-corrected chi connectivity index (χ4v) is 3.80. The van der Waals surface area contributed by atoms with Crippen molar-refractivity contribution in [1.82, 2.24) is 14.7 Å². The summed E-state index contributed by atoms with van der Waals surface area (Å²) in [5, 5.41) is 0. The number of benzene rings is 2. The van der Waals surface area contributed by atoms with Crippen LogP contribution in [0.15, 0.2) is 54.2 Å². The molecule has 0 bridgehead atoms. The topological polar surface area (TPSA) is 36.0 Å². The second-order valence-electron chi connectivity index (χ2n) is 8.19. The molecule has 2 aromatic rings. The molecule has 1 fully saturated rings. The van der Waals surface area contributed by atoms with Crippen LogP contribution in [0.25, 0.3) is 0 Å². The molecule has 0 radical (unpaired) electrons. The highest BCUT2D eigenvalue weighted by molar-refractivity contribution is 5.54. The molecule has 0 spiro atoms. The summed E-state index contributed by atoms with van der Waals surface area (Å²) < 4.78 is 19.2. The molecule has 0 N–H and O–H groups in total. The summed E-state index contributed by atoms with van der Waals surface area (Å²) in [5.41, 5.74) is 2.80. The molecule has 0 aromatic heterocycles. The third-order valence-electron chi connectivity index (χ3n) is 5.47. The van der Waals surface area contributed by atoms with E-state index in [-0.39, 0.29) is 17.9 Å². The van der Waals surface area contributed by atoms with Crippen molar-refractivity contribution in [2.45, 2.75) is 39.0 Å². The maximum atomic E-state index is 13.2. The van der Waals surface area contributed by atoms with Gasteiger partial charge in [-0.05, 0) is 63.3 Å². The third-order valence-corrected chi connectivity index (χ3v) is 5.47. The molecule has 1 heterocycles. The van der Waals surface area contributed by atoms with Gasteiger partial charge in [-0.3, -0.25) is 4.90 Å². The zero-order valence-electron chi connectivity index (χ0n) is 18.1. The standard InChI is InChI=1S/C24H30FN3O2/c1-18-13-27(17-30-23-11-7-20(8-12-23)14-26(3)4)19(2)24(16-29)28(18)15-21-5-9-22(25)10-6-21/h5-12,18-19H,13-15,17H2,1-4H3/t18-,19+/m1/s1. The first-order chi connectivity index (χ1) is 14.4. The maximum Gasteiger partial charge on any atom is 0.147 e. The monoisotopic (exact) mass is 411 g/mol. The van der Waals surface area contributed by atoms with Crippen molar-refractivity contribution < 1.29 is 13.9 Å². The van der Waals surface area contributed by atoms with Gasteiger partial charge < -0.3 is 14.5 Å². The fourth-order valence-electron chi connectivity index (χ4n) is 3.80. The van der Waals surface area contributed by atoms with E-state index in [0.29, 0.717) is 19.0 Å². The lowest BCUT2D eigenvalue weighted by Gasteiger charge is -2.45. The minimum Gasteiger partial charge on any atom is -0.478 e. The second kappa shape index (κ2) is 9.90. The predicted octanol–water partition coefficient (Wildman–Crippen LogP) is 3.53. The lowest BCUT2D eigenvalue weighted by molar-refractivity contribution is 0.0285. The normalized spacial score (nSPS) is 19.8. The number of hydrogen-bond donors (Lipinski definition) is 0. The van der Waals surface area contributed by atoms with Crippen LogP contribution in [-0.2, 0) is 17.9 Å². The number of rotatable bonds is 7. The first-order valence-corrected chi connectivity index (χ1v) is 10.2. The lowest BCUT2D eigenvalue weighted by Crippen LogP contribution is -2.55. The van der Waals surface area contributed by atoms with Crippen molar-refractivity contribution >= 4 is 5.94 Å². The van der Waals surface area contributed by atoms with Crippen LogP contribution >= 0.6 is 0 Å². The Labute approximate surface area is 178 Å². The quantitative estimate of drug-likeness (QED) is 0.652. The van der Waals surface area contributed by atoms with Crippen LogP contribution in [0, 0.1) is 5.82 Å². The minimum absolute atomic E-state index is 0.105. The summed E-state index contributed by atoms with van der Waals surface area (Å²) in [6.07, 6.45) is 0. The van der Waals surface area contributed by atoms with Crippen LogP contribution in [-0.4, -0.2) is 60.1 Å². The number of hydrogen-bond acceptors (Lipinski definition) is 5. The average molecular weight is 412 g/mol. The zero-order chi connectivity index (χ0) is 21.7. The van der Waals surface area contributed by atoms with E-state index in [1.807, 2.05) is 33.2 Å². The Hall–Kier alpha value is -2.66. The van der Waals surface area contributed by atoms with E-state index in [4.69, 9.17) is 4.74 Å². The third kappa shape index (κ3) is 5.48. The molecular weight excluding hydrogens is 381 g/mol. The Balaban J connectivity index is 1.63. The summed E-state index contributed by atoms with van der Waals surface area (Å²) in [5.74, 6) is 2.68. The summed E-state index contributed by atoms with van der Waals surface area (Å²) in [7, 11) is 4.08. The van der Waals surface area contributed by atoms with E-state index in [2.05, 4.69) is 39.7 Å². The molecule has 1 saturated heterocycles. The van der Waals surface area contributed by atoms with E-state index >= 15 is 0 Å². The lowest BCUT2D eigenvalue weighted by atomic mass is 10.0. The van der Waals surface area contributed by atoms with E-state index in [0.717, 1.165) is 24.4 Å². The van der Waals surface area contributed by atoms with Gasteiger partial charge in [0.2, 0.25) is 0 Å². The summed E-state index contributed by atoms with van der Waals surface area (Å²) >= 11 is 0. The molecule has 2 aromatic carbocycles. The predicted molar refractivity (Wildman–Crippen MR) is 116 cm³/mol. The Morgan fingerprint density at radius 3 is 2.30 bits per heavy atom. The van der Waals surface area contributed by atoms with E-state index in [9.17, 15) is 9.18 Å². The SMILES string of the molecule is C[C@@H]1CN(COc2ccc(CN(C)C)cc2)[C@@H](C)C(=C=O)N1Cc1ccc(F)cc1. The van der Waals surface area contributed by atoms with Gasteiger partial charge in [0.25, 0.3) is 0 Å². The van der Waals surface area contributed by atoms with Crippen molar-refractivity contribution in [1.29, 1.82) is 0 Å². The summed E-state index contributed by atoms with van der Waals surface area (Å²) in [6, 6.07) is 14.5. The van der Waals surface area contributed by atoms with Crippen molar-refractivity contribution in [2.24, 2.45) is 0 Å². The van der Waals surface area contributed by atoms with Crippen LogP contribution in [0.5, 0.6) is 5.75 Å². The molecule has 160 valence electrons. The van der Waals surface area contributed by atoms with Gasteiger partial charge in [0.15, 0.2) is 0 Å². The minimum atomic E-state index is -0.261.